The van der Waals surface area contributed by atoms with Crippen molar-refractivity contribution in [2.75, 3.05) is 26.4 Å². The van der Waals surface area contributed by atoms with Gasteiger partial charge < -0.3 is 18.9 Å². The summed E-state index contributed by atoms with van der Waals surface area (Å²) < 4.78 is 28.1. The van der Waals surface area contributed by atoms with Crippen molar-refractivity contribution in [2.45, 2.75) is 45.2 Å². The molecule has 0 saturated carbocycles. The van der Waals surface area contributed by atoms with Gasteiger partial charge in [-0.1, -0.05) is 146 Å². The minimum Gasteiger partial charge on any atom is -0.342 e. The predicted molar refractivity (Wildman–Crippen MR) is 227 cm³/mol. The molecule has 0 bridgehead atoms. The van der Waals surface area contributed by atoms with Gasteiger partial charge in [-0.2, -0.15) is 0 Å². The van der Waals surface area contributed by atoms with Crippen molar-refractivity contribution in [1.82, 2.24) is 0 Å². The molecule has 56 heavy (non-hydrogen) atoms. The highest BCUT2D eigenvalue weighted by molar-refractivity contribution is 5.92. The Labute approximate surface area is 328 Å². The van der Waals surface area contributed by atoms with Crippen molar-refractivity contribution >= 4 is 43.1 Å². The average Bonchev–Trinajstić information content (AvgIpc) is 3.24. The topological polar surface area (TPSA) is 36.9 Å². The fourth-order valence-corrected chi connectivity index (χ4v) is 9.37. The Hall–Kier alpha value is -5.36. The maximum atomic E-state index is 7.26. The third-order valence-electron chi connectivity index (χ3n) is 12.2. The van der Waals surface area contributed by atoms with Crippen LogP contribution in [0.1, 0.15) is 52.3 Å². The first-order chi connectivity index (χ1) is 27.4. The van der Waals surface area contributed by atoms with Crippen LogP contribution in [-0.2, 0) is 36.9 Å². The van der Waals surface area contributed by atoms with E-state index in [1.807, 2.05) is 0 Å². The number of hydrogen-bond donors (Lipinski definition) is 0. The minimum atomic E-state index is -1.07. The van der Waals surface area contributed by atoms with E-state index in [2.05, 4.69) is 172 Å². The van der Waals surface area contributed by atoms with Crippen molar-refractivity contribution in [3.63, 3.8) is 0 Å². The van der Waals surface area contributed by atoms with Crippen LogP contribution in [0.3, 0.4) is 0 Å². The molecule has 2 aliphatic rings. The van der Waals surface area contributed by atoms with E-state index in [4.69, 9.17) is 18.9 Å². The van der Waals surface area contributed by atoms with Crippen LogP contribution >= 0.6 is 0 Å². The van der Waals surface area contributed by atoms with Gasteiger partial charge in [0.15, 0.2) is 0 Å². The maximum Gasteiger partial charge on any atom is 0.223 e. The number of fused-ring (bicyclic) bond motifs is 4. The van der Waals surface area contributed by atoms with Crippen LogP contribution in [0, 0.1) is 19.3 Å². The fraction of sp³-hybridized carbons (Fsp3) is 0.231. The molecule has 0 unspecified atom stereocenters. The van der Waals surface area contributed by atoms with Crippen molar-refractivity contribution in [1.29, 1.82) is 0 Å². The Morgan fingerprint density at radius 1 is 0.446 bits per heavy atom. The van der Waals surface area contributed by atoms with E-state index in [0.717, 1.165) is 62.4 Å². The Balaban J connectivity index is 1.05. The molecule has 8 aromatic carbocycles. The first kappa shape index (κ1) is 35.1. The van der Waals surface area contributed by atoms with E-state index in [9.17, 15) is 0 Å². The zero-order valence-electron chi connectivity index (χ0n) is 32.3. The Morgan fingerprint density at radius 3 is 1.59 bits per heavy atom. The molecular formula is C52H46O4. The Bertz CT molecular complexity index is 2770. The highest BCUT2D eigenvalue weighted by Gasteiger charge is 2.47. The van der Waals surface area contributed by atoms with Gasteiger partial charge in [-0.05, 0) is 98.6 Å². The lowest BCUT2D eigenvalue weighted by Crippen LogP contribution is -2.48. The summed E-state index contributed by atoms with van der Waals surface area (Å²) in [7, 11) is 0. The molecule has 0 spiro atoms. The average molecular weight is 735 g/mol. The van der Waals surface area contributed by atoms with Crippen molar-refractivity contribution in [3.8, 4) is 0 Å². The van der Waals surface area contributed by atoms with E-state index in [-0.39, 0.29) is 5.41 Å². The maximum absolute atomic E-state index is 7.26. The van der Waals surface area contributed by atoms with E-state index in [1.165, 1.54) is 32.5 Å². The number of aryl methyl sites for hydroxylation is 2. The van der Waals surface area contributed by atoms with Crippen LogP contribution < -0.4 is 0 Å². The zero-order chi connectivity index (χ0) is 37.9. The molecule has 0 N–H and O–H groups in total. The Morgan fingerprint density at radius 2 is 0.946 bits per heavy atom. The van der Waals surface area contributed by atoms with Gasteiger partial charge in [-0.15, -0.1) is 0 Å². The van der Waals surface area contributed by atoms with Gasteiger partial charge >= 0.3 is 0 Å². The second-order valence-electron chi connectivity index (χ2n) is 16.2. The van der Waals surface area contributed by atoms with E-state index in [0.29, 0.717) is 26.4 Å². The molecule has 0 aromatic heterocycles. The molecule has 2 saturated heterocycles. The summed E-state index contributed by atoms with van der Waals surface area (Å²) >= 11 is 0. The van der Waals surface area contributed by atoms with Gasteiger partial charge in [0.2, 0.25) is 11.6 Å². The summed E-state index contributed by atoms with van der Waals surface area (Å²) in [5.74, 6) is -2.08. The first-order valence-corrected chi connectivity index (χ1v) is 19.9. The van der Waals surface area contributed by atoms with E-state index in [1.54, 1.807) is 0 Å². The molecular weight excluding hydrogens is 689 g/mol. The summed E-state index contributed by atoms with van der Waals surface area (Å²) in [6.45, 7) is 8.94. The molecule has 2 heterocycles. The molecule has 0 amide bonds. The van der Waals surface area contributed by atoms with Crippen LogP contribution in [0.15, 0.2) is 152 Å². The number of ether oxygens (including phenoxy) is 4. The smallest absolute Gasteiger partial charge is 0.223 e. The first-order valence-electron chi connectivity index (χ1n) is 19.9. The molecule has 278 valence electrons. The van der Waals surface area contributed by atoms with Gasteiger partial charge in [0, 0.05) is 27.7 Å². The highest BCUT2D eigenvalue weighted by atomic mass is 16.7. The van der Waals surface area contributed by atoms with Crippen LogP contribution in [-0.4, -0.2) is 26.4 Å². The summed E-state index contributed by atoms with van der Waals surface area (Å²) in [6.07, 6.45) is 1.64. The van der Waals surface area contributed by atoms with Crippen molar-refractivity contribution < 1.29 is 18.9 Å². The molecule has 0 atom stereocenters. The molecule has 10 rings (SSSR count). The number of benzene rings is 8. The second-order valence-corrected chi connectivity index (χ2v) is 16.2. The van der Waals surface area contributed by atoms with Gasteiger partial charge in [-0.25, -0.2) is 0 Å². The van der Waals surface area contributed by atoms with E-state index >= 15 is 0 Å². The Kier molecular flexibility index (Phi) is 8.57. The highest BCUT2D eigenvalue weighted by Crippen LogP contribution is 2.48. The summed E-state index contributed by atoms with van der Waals surface area (Å²) in [6, 6.07) is 54.3. The number of hydrogen-bond acceptors (Lipinski definition) is 4. The van der Waals surface area contributed by atoms with Crippen LogP contribution in [0.5, 0.6) is 0 Å². The predicted octanol–water partition coefficient (Wildman–Crippen LogP) is 12.1. The van der Waals surface area contributed by atoms with Gasteiger partial charge in [0.1, 0.15) is 0 Å². The molecule has 2 fully saturated rings. The normalized spacial score (nSPS) is 21.2. The minimum absolute atomic E-state index is 0.300. The molecule has 4 nitrogen and oxygen atoms in total. The lowest BCUT2D eigenvalue weighted by Gasteiger charge is -2.46. The number of rotatable bonds is 6. The van der Waals surface area contributed by atoms with Crippen molar-refractivity contribution in [2.24, 2.45) is 5.41 Å². The molecule has 2 aliphatic heterocycles. The molecule has 0 radical (unpaired) electrons. The van der Waals surface area contributed by atoms with Gasteiger partial charge in [-0.3, -0.25) is 0 Å². The zero-order valence-corrected chi connectivity index (χ0v) is 32.3. The van der Waals surface area contributed by atoms with Gasteiger partial charge in [0.05, 0.1) is 26.4 Å². The third-order valence-corrected chi connectivity index (χ3v) is 12.2. The summed E-state index contributed by atoms with van der Waals surface area (Å²) in [5, 5.41) is 9.39. The lowest BCUT2D eigenvalue weighted by molar-refractivity contribution is -0.286. The van der Waals surface area contributed by atoms with Crippen LogP contribution in [0.25, 0.3) is 43.1 Å². The third kappa shape index (κ3) is 5.74. The molecule has 8 aromatic rings. The van der Waals surface area contributed by atoms with E-state index < -0.39 is 11.6 Å². The summed E-state index contributed by atoms with van der Waals surface area (Å²) in [4.78, 5) is 0. The molecule has 4 heteroatoms. The van der Waals surface area contributed by atoms with Crippen LogP contribution in [0.4, 0.5) is 0 Å². The largest absolute Gasteiger partial charge is 0.342 e. The molecule has 0 aliphatic carbocycles. The summed E-state index contributed by atoms with van der Waals surface area (Å²) in [5.41, 5.74) is 7.42. The fourth-order valence-electron chi connectivity index (χ4n) is 9.37. The monoisotopic (exact) mass is 734 g/mol. The quantitative estimate of drug-likeness (QED) is 0.170. The van der Waals surface area contributed by atoms with Crippen molar-refractivity contribution in [3.05, 3.63) is 191 Å². The SMILES string of the molecule is Cc1ccc2ccccc2c1C1(c2ccc3ccccc3c2)OCC(C)(Cc2cccc3c(C4(c5ccc6ccccc6c5)OCCCO4)c(C)ccc23)CO1. The lowest BCUT2D eigenvalue weighted by atomic mass is 9.80. The van der Waals surface area contributed by atoms with Crippen LogP contribution in [0.2, 0.25) is 0 Å². The second kappa shape index (κ2) is 13.7. The standard InChI is InChI=1S/C52H46O4/c1-35-20-22-39-14-8-9-18-46(39)48(35)52(44-26-24-38-13-5-7-16-41(38)31-44)55-33-50(3,34-56-52)32-42-17-10-19-47-45(42)27-21-36(2)49(47)51(53-28-11-29-54-51)43-25-23-37-12-4-6-15-40(37)30-43/h4-10,12-27,30-31H,11,28-29,32-34H2,1-3H3. The van der Waals surface area contributed by atoms with Gasteiger partial charge in [0.25, 0.3) is 0 Å².